The van der Waals surface area contributed by atoms with Gasteiger partial charge in [0.2, 0.25) is 23.6 Å². The zero-order chi connectivity index (χ0) is 27.7. The molecule has 0 aromatic heterocycles. The number of nitrogens with one attached hydrogen (secondary N) is 2. The largest absolute Gasteiger partial charge is 0.480 e. The van der Waals surface area contributed by atoms with Gasteiger partial charge < -0.3 is 32.1 Å². The van der Waals surface area contributed by atoms with Gasteiger partial charge in [0.25, 0.3) is 0 Å². The van der Waals surface area contributed by atoms with Crippen LogP contribution in [0.1, 0.15) is 30.4 Å². The fourth-order valence-electron chi connectivity index (χ4n) is 4.46. The Morgan fingerprint density at radius 1 is 0.868 bits per heavy atom. The maximum atomic E-state index is 13.4. The number of amides is 4. The maximum absolute atomic E-state index is 13.4. The fraction of sp³-hybridized carbons (Fsp3) is 0.370. The molecular formula is C27H33N5O6. The predicted octanol–water partition coefficient (Wildman–Crippen LogP) is -0.280. The van der Waals surface area contributed by atoms with Crippen molar-refractivity contribution in [1.29, 1.82) is 0 Å². The average Bonchev–Trinajstić information content (AvgIpc) is 3.39. The van der Waals surface area contributed by atoms with Crippen LogP contribution in [0.5, 0.6) is 0 Å². The van der Waals surface area contributed by atoms with Crippen LogP contribution in [-0.4, -0.2) is 70.3 Å². The molecule has 3 rings (SSSR count). The number of nitrogens with two attached hydrogens (primary N) is 2. The summed E-state index contributed by atoms with van der Waals surface area (Å²) in [5, 5.41) is 14.6. The molecule has 0 spiro atoms. The Kier molecular flexibility index (Phi) is 9.94. The number of aliphatic carboxylic acids is 1. The number of rotatable bonds is 12. The Morgan fingerprint density at radius 2 is 1.42 bits per heavy atom. The summed E-state index contributed by atoms with van der Waals surface area (Å²) < 4.78 is 0. The van der Waals surface area contributed by atoms with Crippen LogP contribution in [0.25, 0.3) is 0 Å². The Balaban J connectivity index is 1.77. The van der Waals surface area contributed by atoms with Crippen LogP contribution >= 0.6 is 0 Å². The van der Waals surface area contributed by atoms with Gasteiger partial charge in [0, 0.05) is 13.0 Å². The lowest BCUT2D eigenvalue weighted by Crippen LogP contribution is -2.58. The smallest absolute Gasteiger partial charge is 0.326 e. The second kappa shape index (κ2) is 13.3. The number of carboxylic acids is 1. The molecule has 2 aromatic carbocycles. The molecule has 4 amide bonds. The lowest BCUT2D eigenvalue weighted by molar-refractivity contribution is -0.149. The molecule has 7 N–H and O–H groups in total. The van der Waals surface area contributed by atoms with Gasteiger partial charge in [-0.15, -0.1) is 0 Å². The first-order valence-electron chi connectivity index (χ1n) is 12.4. The second-order valence-corrected chi connectivity index (χ2v) is 9.31. The number of carboxylic acid groups (broad SMARTS) is 1. The number of hydrogen-bond donors (Lipinski definition) is 5. The van der Waals surface area contributed by atoms with Crippen LogP contribution in [0.4, 0.5) is 0 Å². The van der Waals surface area contributed by atoms with Crippen molar-refractivity contribution < 1.29 is 29.1 Å². The molecular weight excluding hydrogens is 490 g/mol. The third-order valence-corrected chi connectivity index (χ3v) is 6.39. The summed E-state index contributed by atoms with van der Waals surface area (Å²) in [6.45, 7) is 0.243. The first-order chi connectivity index (χ1) is 18.2. The van der Waals surface area contributed by atoms with Crippen molar-refractivity contribution in [3.8, 4) is 0 Å². The highest BCUT2D eigenvalue weighted by Crippen LogP contribution is 2.20. The lowest BCUT2D eigenvalue weighted by atomic mass is 10.0. The third kappa shape index (κ3) is 7.87. The van der Waals surface area contributed by atoms with Crippen molar-refractivity contribution in [2.24, 2.45) is 11.5 Å². The molecule has 1 aliphatic rings. The van der Waals surface area contributed by atoms with E-state index in [1.807, 2.05) is 30.3 Å². The minimum atomic E-state index is -1.37. The van der Waals surface area contributed by atoms with Gasteiger partial charge in [-0.1, -0.05) is 60.7 Å². The number of nitrogens with zero attached hydrogens (tertiary/aromatic N) is 1. The summed E-state index contributed by atoms with van der Waals surface area (Å²) in [6.07, 6.45) is 0.613. The molecule has 1 aliphatic heterocycles. The molecule has 38 heavy (non-hydrogen) atoms. The zero-order valence-electron chi connectivity index (χ0n) is 20.9. The van der Waals surface area contributed by atoms with Gasteiger partial charge in [0.05, 0.1) is 12.5 Å². The molecule has 4 unspecified atom stereocenters. The quantitative estimate of drug-likeness (QED) is 0.253. The average molecular weight is 524 g/mol. The van der Waals surface area contributed by atoms with Gasteiger partial charge in [0.1, 0.15) is 18.1 Å². The molecule has 1 saturated heterocycles. The third-order valence-electron chi connectivity index (χ3n) is 6.39. The predicted molar refractivity (Wildman–Crippen MR) is 138 cm³/mol. The van der Waals surface area contributed by atoms with E-state index >= 15 is 0 Å². The zero-order valence-corrected chi connectivity index (χ0v) is 20.9. The summed E-state index contributed by atoms with van der Waals surface area (Å²) in [4.78, 5) is 64.1. The topological polar surface area (TPSA) is 185 Å². The van der Waals surface area contributed by atoms with E-state index in [-0.39, 0.29) is 19.4 Å². The lowest BCUT2D eigenvalue weighted by Gasteiger charge is -2.29. The van der Waals surface area contributed by atoms with E-state index in [0.29, 0.717) is 12.8 Å². The van der Waals surface area contributed by atoms with Crippen LogP contribution in [0, 0.1) is 0 Å². The van der Waals surface area contributed by atoms with Gasteiger partial charge >= 0.3 is 5.97 Å². The van der Waals surface area contributed by atoms with Crippen molar-refractivity contribution >= 4 is 29.6 Å². The van der Waals surface area contributed by atoms with Gasteiger partial charge in [0.15, 0.2) is 0 Å². The molecule has 0 saturated carbocycles. The van der Waals surface area contributed by atoms with E-state index in [1.165, 1.54) is 4.90 Å². The molecule has 2 aromatic rings. The number of likely N-dealkylation sites (tertiary alicyclic amines) is 1. The van der Waals surface area contributed by atoms with Crippen molar-refractivity contribution in [3.63, 3.8) is 0 Å². The minimum absolute atomic E-state index is 0.0824. The van der Waals surface area contributed by atoms with Gasteiger partial charge in [-0.2, -0.15) is 0 Å². The van der Waals surface area contributed by atoms with Crippen LogP contribution < -0.4 is 22.1 Å². The number of benzene rings is 2. The maximum Gasteiger partial charge on any atom is 0.326 e. The van der Waals surface area contributed by atoms with Gasteiger partial charge in [-0.05, 0) is 30.4 Å². The highest BCUT2D eigenvalue weighted by molar-refractivity contribution is 5.96. The molecule has 202 valence electrons. The SMILES string of the molecule is NC(=O)CC(NC(=O)C(N)Cc1ccccc1)C(=O)NC(Cc1ccccc1)C(=O)N1CCCC1C(=O)O. The Labute approximate surface area is 220 Å². The van der Waals surface area contributed by atoms with E-state index in [1.54, 1.807) is 30.3 Å². The molecule has 0 bridgehead atoms. The number of carbonyl (C=O) groups excluding carboxylic acids is 4. The number of primary amides is 1. The first-order valence-corrected chi connectivity index (χ1v) is 12.4. The van der Waals surface area contributed by atoms with Crippen molar-refractivity contribution in [2.75, 3.05) is 6.54 Å². The van der Waals surface area contributed by atoms with E-state index in [9.17, 15) is 29.1 Å². The highest BCUT2D eigenvalue weighted by atomic mass is 16.4. The van der Waals surface area contributed by atoms with Crippen molar-refractivity contribution in [2.45, 2.75) is 56.3 Å². The number of carbonyl (C=O) groups is 5. The minimum Gasteiger partial charge on any atom is -0.480 e. The summed E-state index contributed by atoms with van der Waals surface area (Å²) in [7, 11) is 0. The molecule has 0 aliphatic carbocycles. The first kappa shape index (κ1) is 28.3. The molecule has 11 nitrogen and oxygen atoms in total. The summed E-state index contributed by atoms with van der Waals surface area (Å²) in [6, 6.07) is 13.5. The Morgan fingerprint density at radius 3 is 1.97 bits per heavy atom. The van der Waals surface area contributed by atoms with E-state index in [0.717, 1.165) is 11.1 Å². The number of hydrogen-bond acceptors (Lipinski definition) is 6. The Hall–Kier alpha value is -4.25. The van der Waals surface area contributed by atoms with E-state index < -0.39 is 60.2 Å². The molecule has 1 fully saturated rings. The van der Waals surface area contributed by atoms with Crippen LogP contribution in [0.3, 0.4) is 0 Å². The van der Waals surface area contributed by atoms with Crippen LogP contribution in [0.15, 0.2) is 60.7 Å². The molecule has 4 atom stereocenters. The molecule has 1 heterocycles. The van der Waals surface area contributed by atoms with Crippen molar-refractivity contribution in [3.05, 3.63) is 71.8 Å². The highest BCUT2D eigenvalue weighted by Gasteiger charge is 2.38. The van der Waals surface area contributed by atoms with E-state index in [2.05, 4.69) is 10.6 Å². The fourth-order valence-corrected chi connectivity index (χ4v) is 4.46. The van der Waals surface area contributed by atoms with Gasteiger partial charge in [-0.25, -0.2) is 4.79 Å². The van der Waals surface area contributed by atoms with Crippen LogP contribution in [0.2, 0.25) is 0 Å². The standard InChI is InChI=1S/C27H33N5O6/c28-19(14-17-8-3-1-4-9-17)24(34)30-20(16-23(29)33)25(35)31-21(15-18-10-5-2-6-11-18)26(36)32-13-7-12-22(32)27(37)38/h1-6,8-11,19-22H,7,12-16,28H2,(H2,29,33)(H,30,34)(H,31,35)(H,37,38). The second-order valence-electron chi connectivity index (χ2n) is 9.31. The normalized spacial score (nSPS) is 17.2. The van der Waals surface area contributed by atoms with Crippen LogP contribution in [-0.2, 0) is 36.8 Å². The van der Waals surface area contributed by atoms with Gasteiger partial charge in [-0.3, -0.25) is 19.2 Å². The monoisotopic (exact) mass is 523 g/mol. The molecule has 11 heteroatoms. The Bertz CT molecular complexity index is 1140. The summed E-state index contributed by atoms with van der Waals surface area (Å²) in [5.41, 5.74) is 12.9. The van der Waals surface area contributed by atoms with Crippen molar-refractivity contribution in [1.82, 2.24) is 15.5 Å². The molecule has 0 radical (unpaired) electrons. The van der Waals surface area contributed by atoms with E-state index in [4.69, 9.17) is 11.5 Å². The summed E-state index contributed by atoms with van der Waals surface area (Å²) >= 11 is 0. The summed E-state index contributed by atoms with van der Waals surface area (Å²) in [5.74, 6) is -3.97.